The molecular formula is C35H35N3O6S3. The second-order valence-corrected chi connectivity index (χ2v) is 14.1. The minimum atomic E-state index is -4.27. The van der Waals surface area contributed by atoms with E-state index in [0.717, 1.165) is 58.0 Å². The van der Waals surface area contributed by atoms with Gasteiger partial charge in [0.15, 0.2) is 0 Å². The smallest absolute Gasteiger partial charge is 0.376 e. The highest BCUT2D eigenvalue weighted by Gasteiger charge is 2.26. The van der Waals surface area contributed by atoms with Gasteiger partial charge in [-0.3, -0.25) is 9.36 Å². The van der Waals surface area contributed by atoms with E-state index in [2.05, 4.69) is 29.2 Å². The highest BCUT2D eigenvalue weighted by atomic mass is 32.2. The van der Waals surface area contributed by atoms with E-state index < -0.39 is 10.1 Å². The van der Waals surface area contributed by atoms with Crippen LogP contribution in [0.5, 0.6) is 5.75 Å². The molecule has 0 saturated carbocycles. The molecule has 3 heterocycles. The van der Waals surface area contributed by atoms with Crippen LogP contribution in [-0.4, -0.2) is 31.7 Å². The number of thiazole rings is 1. The molecule has 2 aromatic heterocycles. The van der Waals surface area contributed by atoms with Crippen LogP contribution in [0.25, 0.3) is 33.0 Å². The van der Waals surface area contributed by atoms with Crippen molar-refractivity contribution in [3.63, 3.8) is 0 Å². The average Bonchev–Trinajstić information content (AvgIpc) is 3.66. The Labute approximate surface area is 281 Å². The third kappa shape index (κ3) is 6.46. The Hall–Kier alpha value is -4.36. The summed E-state index contributed by atoms with van der Waals surface area (Å²) in [6.45, 7) is 4.40. The molecule has 0 aliphatic carbocycles. The van der Waals surface area contributed by atoms with Gasteiger partial charge in [0.25, 0.3) is 11.1 Å². The van der Waals surface area contributed by atoms with E-state index in [1.807, 2.05) is 73.5 Å². The molecule has 0 fully saturated rings. The molecule has 4 aromatic carbocycles. The number of thioether (sulfide) groups is 1. The van der Waals surface area contributed by atoms with E-state index in [1.54, 1.807) is 31.0 Å². The van der Waals surface area contributed by atoms with Crippen LogP contribution in [-0.2, 0) is 23.7 Å². The lowest BCUT2D eigenvalue weighted by atomic mass is 10.1. The number of nitrogens with zero attached hydrogens (tertiary/aromatic N) is 3. The monoisotopic (exact) mass is 689 g/mol. The van der Waals surface area contributed by atoms with E-state index in [9.17, 15) is 17.8 Å². The number of rotatable bonds is 4. The first-order valence-corrected chi connectivity index (χ1v) is 17.4. The maximum absolute atomic E-state index is 13.5. The van der Waals surface area contributed by atoms with Crippen molar-refractivity contribution in [2.75, 3.05) is 19.1 Å². The fraction of sp³-hybridized carbons (Fsp3) is 0.200. The topological polar surface area (TPSA) is 109 Å². The van der Waals surface area contributed by atoms with Gasteiger partial charge in [-0.25, -0.2) is 8.42 Å². The van der Waals surface area contributed by atoms with E-state index >= 15 is 0 Å². The lowest BCUT2D eigenvalue weighted by Gasteiger charge is -2.13. The Balaban J connectivity index is 0.000000309. The fourth-order valence-corrected chi connectivity index (χ4v) is 8.15. The van der Waals surface area contributed by atoms with Gasteiger partial charge < -0.3 is 18.6 Å². The number of aromatic nitrogens is 2. The second-order valence-electron chi connectivity index (χ2n) is 10.7. The van der Waals surface area contributed by atoms with E-state index in [1.165, 1.54) is 23.5 Å². The number of ether oxygens (including phenoxy) is 1. The molecule has 9 nitrogen and oxygen atoms in total. The number of methoxy groups -OCH3 is 1. The van der Waals surface area contributed by atoms with Crippen molar-refractivity contribution in [1.29, 1.82) is 0 Å². The Morgan fingerprint density at radius 1 is 1.04 bits per heavy atom. The van der Waals surface area contributed by atoms with Crippen LogP contribution in [0, 0.1) is 6.92 Å². The summed E-state index contributed by atoms with van der Waals surface area (Å²) in [6.07, 6.45) is 1.98. The standard InChI is InChI=1S/C27H24N3O3S2.C7H8O3S.CH4/c1-5-30-23(15-22-28(2)19-12-10-16-8-6-7-9-18(16)24(19)33-22)35-25(26(30)31)27-29(3)20-14-17(32-4)11-13-21(20)34-27;1-6-2-4-7(5-3-6)11(8,9)10;/h6-15H,5H2,1-4H3;2-5H,1H3,(H,8,9,10);1H4/q+1;;/p-1/b27-25-;;. The molecule has 0 atom stereocenters. The zero-order chi connectivity index (χ0) is 32.7. The number of oxazole rings is 1. The first-order chi connectivity index (χ1) is 22.0. The van der Waals surface area contributed by atoms with Crippen molar-refractivity contribution in [2.24, 2.45) is 7.05 Å². The summed E-state index contributed by atoms with van der Waals surface area (Å²) >= 11 is 3.12. The highest BCUT2D eigenvalue weighted by molar-refractivity contribution is 8.08. The van der Waals surface area contributed by atoms with Gasteiger partial charge in [0, 0.05) is 36.0 Å². The van der Waals surface area contributed by atoms with Gasteiger partial charge >= 0.3 is 5.89 Å². The third-order valence-electron chi connectivity index (χ3n) is 7.78. The second kappa shape index (κ2) is 13.4. The van der Waals surface area contributed by atoms with Gasteiger partial charge in [0.05, 0.1) is 23.8 Å². The van der Waals surface area contributed by atoms with Gasteiger partial charge in [-0.15, -0.1) is 11.3 Å². The van der Waals surface area contributed by atoms with Crippen molar-refractivity contribution in [3.8, 4) is 5.75 Å². The molecule has 244 valence electrons. The number of benzene rings is 4. The zero-order valence-electron chi connectivity index (χ0n) is 25.8. The molecule has 0 N–H and O–H groups in total. The van der Waals surface area contributed by atoms with Crippen molar-refractivity contribution in [3.05, 3.63) is 110 Å². The number of hydrogen-bond donors (Lipinski definition) is 0. The molecule has 0 unspecified atom stereocenters. The molecule has 1 aliphatic heterocycles. The Bertz CT molecular complexity index is 2410. The van der Waals surface area contributed by atoms with Gasteiger partial charge in [0.1, 0.15) is 37.1 Å². The molecule has 0 amide bonds. The molecule has 0 bridgehead atoms. The average molecular weight is 690 g/mol. The van der Waals surface area contributed by atoms with Gasteiger partial charge in [-0.1, -0.05) is 61.2 Å². The minimum Gasteiger partial charge on any atom is -0.744 e. The maximum Gasteiger partial charge on any atom is 0.376 e. The minimum absolute atomic E-state index is 0. The zero-order valence-corrected chi connectivity index (χ0v) is 28.3. The Morgan fingerprint density at radius 3 is 2.45 bits per heavy atom. The molecule has 12 heteroatoms. The van der Waals surface area contributed by atoms with Crippen LogP contribution in [0.3, 0.4) is 0 Å². The SMILES string of the molecule is C.CCn1c(=Cc2oc3c4ccccc4ccc3[n+]2C)s/c(=C2\Sc3ccc(OC)cc3N2C)c1=O.Cc1ccc(S(=O)(=O)[O-])cc1. The van der Waals surface area contributed by atoms with Crippen molar-refractivity contribution >= 4 is 71.9 Å². The predicted molar refractivity (Wildman–Crippen MR) is 189 cm³/mol. The van der Waals surface area contributed by atoms with E-state index in [4.69, 9.17) is 9.15 Å². The molecule has 0 saturated heterocycles. The van der Waals surface area contributed by atoms with Gasteiger partial charge in [0.2, 0.25) is 5.58 Å². The van der Waals surface area contributed by atoms with Crippen LogP contribution < -0.4 is 29.0 Å². The first-order valence-electron chi connectivity index (χ1n) is 14.4. The number of hydrogen-bond acceptors (Lipinski definition) is 9. The lowest BCUT2D eigenvalue weighted by Crippen LogP contribution is -2.34. The molecule has 1 aliphatic rings. The quantitative estimate of drug-likeness (QED) is 0.181. The van der Waals surface area contributed by atoms with Crippen molar-refractivity contribution in [1.82, 2.24) is 4.57 Å². The number of anilines is 1. The van der Waals surface area contributed by atoms with E-state index in [0.29, 0.717) is 12.4 Å². The summed E-state index contributed by atoms with van der Waals surface area (Å²) in [5, 5.41) is 3.15. The Morgan fingerprint density at radius 2 is 1.77 bits per heavy atom. The summed E-state index contributed by atoms with van der Waals surface area (Å²) in [6, 6.07) is 24.2. The Kier molecular flexibility index (Phi) is 9.69. The molecule has 47 heavy (non-hydrogen) atoms. The third-order valence-corrected chi connectivity index (χ3v) is 11.1. The van der Waals surface area contributed by atoms with Crippen LogP contribution in [0.2, 0.25) is 0 Å². The summed E-state index contributed by atoms with van der Waals surface area (Å²) in [5.41, 5.74) is 3.85. The van der Waals surface area contributed by atoms with Crippen molar-refractivity contribution in [2.45, 2.75) is 37.6 Å². The first kappa shape index (κ1) is 34.0. The summed E-state index contributed by atoms with van der Waals surface area (Å²) in [4.78, 5) is 16.5. The normalized spacial score (nSPS) is 14.2. The van der Waals surface area contributed by atoms with Gasteiger partial charge in [-0.05, 0) is 49.6 Å². The summed E-state index contributed by atoms with van der Waals surface area (Å²) in [5.74, 6) is 1.50. The molecule has 6 aromatic rings. The van der Waals surface area contributed by atoms with Crippen LogP contribution in [0.1, 0.15) is 25.8 Å². The molecule has 0 spiro atoms. The number of fused-ring (bicyclic) bond motifs is 4. The molecular weight excluding hydrogens is 655 g/mol. The largest absolute Gasteiger partial charge is 0.744 e. The van der Waals surface area contributed by atoms with Crippen LogP contribution in [0.15, 0.2) is 97.9 Å². The van der Waals surface area contributed by atoms with Crippen molar-refractivity contribution < 1.29 is 26.7 Å². The van der Waals surface area contributed by atoms with Crippen LogP contribution in [0.4, 0.5) is 5.69 Å². The molecule has 0 radical (unpaired) electrons. The number of aryl methyl sites for hydroxylation is 2. The highest BCUT2D eigenvalue weighted by Crippen LogP contribution is 2.46. The predicted octanol–water partition coefficient (Wildman–Crippen LogP) is 5.33. The fourth-order valence-electron chi connectivity index (χ4n) is 5.25. The van der Waals surface area contributed by atoms with Gasteiger partial charge in [-0.2, -0.15) is 4.57 Å². The maximum atomic E-state index is 13.5. The summed E-state index contributed by atoms with van der Waals surface area (Å²) in [7, 11) is 1.39. The lowest BCUT2D eigenvalue weighted by molar-refractivity contribution is -0.652. The molecule has 7 rings (SSSR count). The van der Waals surface area contributed by atoms with E-state index in [-0.39, 0.29) is 17.9 Å². The summed E-state index contributed by atoms with van der Waals surface area (Å²) < 4.78 is 48.4. The van der Waals surface area contributed by atoms with Crippen LogP contribution >= 0.6 is 23.1 Å².